The molecule has 2 fully saturated rings. The summed E-state index contributed by atoms with van der Waals surface area (Å²) in [6.07, 6.45) is -6.20. The largest absolute Gasteiger partial charge is 1.00 e. The fourth-order valence-corrected chi connectivity index (χ4v) is 7.04. The van der Waals surface area contributed by atoms with Crippen molar-refractivity contribution in [3.05, 3.63) is 39.4 Å². The average Bonchev–Trinajstić information content (AvgIpc) is 3.69. The summed E-state index contributed by atoms with van der Waals surface area (Å²) in [7, 11) is -7.33. The summed E-state index contributed by atoms with van der Waals surface area (Å²) in [4.78, 5) is 61.5. The van der Waals surface area contributed by atoms with Gasteiger partial charge < -0.3 is 54.4 Å². The van der Waals surface area contributed by atoms with E-state index in [1.54, 1.807) is 0 Å². The molecular formula is C23H33N9Na2O14P2. The zero-order valence-corrected chi connectivity index (χ0v) is 33.1. The van der Waals surface area contributed by atoms with Crippen LogP contribution in [0.2, 0.25) is 0 Å². The van der Waals surface area contributed by atoms with Crippen LogP contribution in [-0.4, -0.2) is 105 Å². The van der Waals surface area contributed by atoms with E-state index in [4.69, 9.17) is 39.5 Å². The van der Waals surface area contributed by atoms with E-state index >= 15 is 0 Å². The second-order valence-corrected chi connectivity index (χ2v) is 13.5. The van der Waals surface area contributed by atoms with Crippen LogP contribution in [-0.2, 0) is 41.6 Å². The minimum absolute atomic E-state index is 0. The van der Waals surface area contributed by atoms with Gasteiger partial charge in [-0.15, -0.1) is 0 Å². The van der Waals surface area contributed by atoms with E-state index in [9.17, 15) is 33.6 Å². The molecule has 0 saturated carbocycles. The van der Waals surface area contributed by atoms with Gasteiger partial charge in [-0.05, 0) is 6.07 Å². The van der Waals surface area contributed by atoms with Gasteiger partial charge in [-0.2, -0.15) is 9.97 Å². The van der Waals surface area contributed by atoms with Crippen LogP contribution in [0.4, 0.5) is 11.8 Å². The normalized spacial score (nSPS) is 26.4. The van der Waals surface area contributed by atoms with Gasteiger partial charge in [-0.25, -0.2) is 19.4 Å². The first kappa shape index (κ1) is 43.3. The van der Waals surface area contributed by atoms with Gasteiger partial charge in [0, 0.05) is 33.4 Å². The van der Waals surface area contributed by atoms with E-state index in [0.717, 1.165) is 4.57 Å². The Bertz CT molecular complexity index is 1810. The number of hydrogen-bond donors (Lipinski definition) is 5. The molecule has 3 aromatic rings. The van der Waals surface area contributed by atoms with Crippen LogP contribution in [0, 0.1) is 0 Å². The van der Waals surface area contributed by atoms with Crippen LogP contribution in [0.5, 0.6) is 0 Å². The van der Waals surface area contributed by atoms with Crippen molar-refractivity contribution in [1.29, 1.82) is 0 Å². The van der Waals surface area contributed by atoms with Crippen LogP contribution in [0.3, 0.4) is 0 Å². The maximum Gasteiger partial charge on any atom is 1.00 e. The standard InChI is InChI=1S/C23H35N9O14P2.2Na/c1-40-6-4-27-47(36,42-8-11-7-12(33)20(44-11)31-5-3-14(24)28-23(31)35)46-16-13(9-43-48(37,38)39)45-21(17(16)41-2)32-10-26-15-18(32)29-22(25)30-19(15)34;;/h3,5,10-13,16-17,20-21,33H,4,6-9H2,1-2H3,(H,27,36)(H2,24,28,35)(H2,37,38,39)(H3,25,29,30,34);;/q;2*+1/p-2/t11-,12+,13+,16+,17+,20+,21+,47?;;/m0../s1. The number of nitrogen functional groups attached to an aromatic ring is 2. The van der Waals surface area contributed by atoms with Gasteiger partial charge in [0.05, 0.1) is 40.1 Å². The van der Waals surface area contributed by atoms with Crippen LogP contribution in [0.25, 0.3) is 11.2 Å². The summed E-state index contributed by atoms with van der Waals surface area (Å²) in [6.45, 7) is -1.35. The Labute approximate surface area is 327 Å². The van der Waals surface area contributed by atoms with Gasteiger partial charge in [0.2, 0.25) is 5.95 Å². The molecule has 7 N–H and O–H groups in total. The Morgan fingerprint density at radius 3 is 2.48 bits per heavy atom. The van der Waals surface area contributed by atoms with Crippen molar-refractivity contribution in [3.63, 3.8) is 0 Å². The number of aromatic nitrogens is 6. The summed E-state index contributed by atoms with van der Waals surface area (Å²) >= 11 is 0. The summed E-state index contributed by atoms with van der Waals surface area (Å²) in [5, 5.41) is 13.2. The summed E-state index contributed by atoms with van der Waals surface area (Å²) < 4.78 is 66.4. The molecule has 3 aromatic heterocycles. The topological polar surface area (TPSA) is 328 Å². The predicted molar refractivity (Wildman–Crippen MR) is 157 cm³/mol. The third-order valence-corrected chi connectivity index (χ3v) is 9.36. The van der Waals surface area contributed by atoms with E-state index in [-0.39, 0.29) is 102 Å². The number of nitrogens with two attached hydrogens (primary N) is 2. The molecule has 0 aliphatic carbocycles. The summed E-state index contributed by atoms with van der Waals surface area (Å²) in [5.74, 6) is -0.268. The number of ether oxygens (including phenoxy) is 4. The van der Waals surface area contributed by atoms with Crippen molar-refractivity contribution < 1.29 is 116 Å². The molecule has 0 radical (unpaired) electrons. The van der Waals surface area contributed by atoms with Crippen molar-refractivity contribution in [2.45, 2.75) is 49.4 Å². The molecule has 50 heavy (non-hydrogen) atoms. The van der Waals surface area contributed by atoms with Gasteiger partial charge in [0.25, 0.3) is 5.56 Å². The minimum Gasteiger partial charge on any atom is -0.790 e. The molecular weight excluding hydrogens is 734 g/mol. The van der Waals surface area contributed by atoms with E-state index < -0.39 is 83.0 Å². The van der Waals surface area contributed by atoms with Crippen LogP contribution in [0.1, 0.15) is 18.9 Å². The van der Waals surface area contributed by atoms with Gasteiger partial charge in [0.15, 0.2) is 23.6 Å². The van der Waals surface area contributed by atoms with E-state index in [1.165, 1.54) is 37.4 Å². The molecule has 0 amide bonds. The summed E-state index contributed by atoms with van der Waals surface area (Å²) in [5.41, 5.74) is 9.67. The maximum atomic E-state index is 14.2. The first-order chi connectivity index (χ1) is 22.7. The molecule has 0 bridgehead atoms. The number of nitrogens with one attached hydrogen (secondary N) is 2. The number of aromatic amines is 1. The number of phosphoric acid groups is 1. The second kappa shape index (κ2) is 18.3. The monoisotopic (exact) mass is 767 g/mol. The zero-order chi connectivity index (χ0) is 34.8. The van der Waals surface area contributed by atoms with Gasteiger partial charge >= 0.3 is 72.6 Å². The zero-order valence-electron chi connectivity index (χ0n) is 27.3. The molecule has 8 atom stereocenters. The van der Waals surface area contributed by atoms with Gasteiger partial charge in [0.1, 0.15) is 30.2 Å². The van der Waals surface area contributed by atoms with Crippen molar-refractivity contribution in [3.8, 4) is 0 Å². The molecule has 5 heterocycles. The smallest absolute Gasteiger partial charge is 0.790 e. The molecule has 2 aliphatic rings. The Morgan fingerprint density at radius 2 is 1.82 bits per heavy atom. The number of hydrogen-bond acceptors (Lipinski definition) is 19. The van der Waals surface area contributed by atoms with Crippen molar-refractivity contribution in [2.75, 3.05) is 52.1 Å². The maximum absolute atomic E-state index is 14.2. The first-order valence-electron chi connectivity index (χ1n) is 14.1. The van der Waals surface area contributed by atoms with Crippen LogP contribution >= 0.6 is 15.6 Å². The molecule has 27 heteroatoms. The van der Waals surface area contributed by atoms with Crippen LogP contribution in [0.15, 0.2) is 28.2 Å². The molecule has 2 aliphatic heterocycles. The Balaban J connectivity index is 0.00000338. The Hall–Kier alpha value is -1.15. The molecule has 1 unspecified atom stereocenters. The second-order valence-electron chi connectivity index (χ2n) is 10.5. The van der Waals surface area contributed by atoms with Crippen LogP contribution < -0.4 is 96.7 Å². The Kier molecular flexibility index (Phi) is 15.8. The number of phosphoric ester groups is 1. The molecule has 5 rings (SSSR count). The summed E-state index contributed by atoms with van der Waals surface area (Å²) in [6, 6.07) is 1.35. The number of anilines is 2. The number of fused-ring (bicyclic) bond motifs is 1. The average molecular weight is 767 g/mol. The fourth-order valence-electron chi connectivity index (χ4n) is 5.18. The quantitative estimate of drug-likeness (QED) is 0.0544. The van der Waals surface area contributed by atoms with E-state index in [1.807, 2.05) is 0 Å². The van der Waals surface area contributed by atoms with E-state index in [2.05, 4.69) is 29.5 Å². The van der Waals surface area contributed by atoms with E-state index in [0.29, 0.717) is 0 Å². The van der Waals surface area contributed by atoms with Gasteiger partial charge in [-0.1, -0.05) is 0 Å². The first-order valence-corrected chi connectivity index (χ1v) is 17.1. The number of methoxy groups -OCH3 is 2. The Morgan fingerprint density at radius 1 is 1.08 bits per heavy atom. The van der Waals surface area contributed by atoms with Gasteiger partial charge in [-0.3, -0.25) is 28.0 Å². The van der Waals surface area contributed by atoms with Crippen molar-refractivity contribution in [2.24, 2.45) is 0 Å². The minimum atomic E-state index is -5.53. The number of aliphatic hydroxyl groups is 1. The van der Waals surface area contributed by atoms with Crippen molar-refractivity contribution in [1.82, 2.24) is 34.2 Å². The SMILES string of the molecule is COCCNP(=O)(OC[C@@H]1C[C@@H](O)[C@H](n2ccc(N)nc2=O)O1)O[C@H]1[C@@H](OC)[C@H](n2cnc3c(=O)[nH]c(N)nc32)O[C@@H]1COP(=O)([O-])[O-].[Na+].[Na+]. The molecule has 0 spiro atoms. The molecule has 2 saturated heterocycles. The fraction of sp³-hybridized carbons (Fsp3) is 0.609. The predicted octanol–water partition coefficient (Wildman–Crippen LogP) is -9.30. The third kappa shape index (κ3) is 10.3. The molecule has 0 aromatic carbocycles. The molecule has 23 nitrogen and oxygen atoms in total. The number of aliphatic hydroxyl groups excluding tert-OH is 1. The molecule has 266 valence electrons. The van der Waals surface area contributed by atoms with Crippen molar-refractivity contribution >= 4 is 38.5 Å². The number of nitrogens with zero attached hydrogens (tertiary/aromatic N) is 5. The number of imidazole rings is 1. The number of rotatable bonds is 15. The third-order valence-electron chi connectivity index (χ3n) is 7.27. The number of H-pyrrole nitrogens is 1.